The Morgan fingerprint density at radius 2 is 1.96 bits per heavy atom. The Morgan fingerprint density at radius 1 is 1.14 bits per heavy atom. The largest absolute Gasteiger partial charge is 0.383 e. The van der Waals surface area contributed by atoms with Gasteiger partial charge in [0.2, 0.25) is 0 Å². The molecule has 3 aliphatic rings. The lowest BCUT2D eigenvalue weighted by Crippen LogP contribution is -2.36. The number of carbonyl (C=O) groups excluding carboxylic acids is 1. The van der Waals surface area contributed by atoms with Crippen LogP contribution in [0.2, 0.25) is 0 Å². The van der Waals surface area contributed by atoms with Crippen molar-refractivity contribution in [2.45, 2.75) is 31.2 Å². The number of ether oxygens (including phenoxy) is 1. The molecule has 2 aromatic rings. The molecule has 1 aliphatic heterocycles. The Morgan fingerprint density at radius 3 is 2.79 bits per heavy atom. The number of methoxy groups -OCH3 is 1. The fourth-order valence-electron chi connectivity index (χ4n) is 5.99. The number of hydrogen-bond acceptors (Lipinski definition) is 3. The van der Waals surface area contributed by atoms with Gasteiger partial charge in [0.05, 0.1) is 12.6 Å². The molecule has 5 atom stereocenters. The van der Waals surface area contributed by atoms with Crippen molar-refractivity contribution in [3.63, 3.8) is 0 Å². The first kappa shape index (κ1) is 17.7. The average Bonchev–Trinajstić information content (AvgIpc) is 3.36. The number of carbonyl (C=O) groups is 1. The Kier molecular flexibility index (Phi) is 4.59. The van der Waals surface area contributed by atoms with Crippen LogP contribution in [-0.2, 0) is 4.74 Å². The molecule has 2 saturated carbocycles. The molecule has 4 heteroatoms. The summed E-state index contributed by atoms with van der Waals surface area (Å²) in [4.78, 5) is 12.6. The number of hydrogen-bond donors (Lipinski definition) is 2. The summed E-state index contributed by atoms with van der Waals surface area (Å²) in [6.45, 7) is 1.07. The second-order valence-corrected chi connectivity index (χ2v) is 8.52. The van der Waals surface area contributed by atoms with E-state index in [9.17, 15) is 4.79 Å². The predicted octanol–water partition coefficient (Wildman–Crippen LogP) is 4.36. The summed E-state index contributed by atoms with van der Waals surface area (Å²) in [7, 11) is 1.65. The monoisotopic (exact) mass is 376 g/mol. The van der Waals surface area contributed by atoms with Crippen LogP contribution in [0.1, 0.15) is 52.7 Å². The number of benzene rings is 2. The summed E-state index contributed by atoms with van der Waals surface area (Å²) in [5, 5.41) is 6.79. The maximum absolute atomic E-state index is 12.6. The van der Waals surface area contributed by atoms with E-state index in [0.717, 1.165) is 17.4 Å². The lowest BCUT2D eigenvalue weighted by atomic mass is 9.68. The number of nitrogens with one attached hydrogen (secondary N) is 2. The number of amides is 1. The van der Waals surface area contributed by atoms with Gasteiger partial charge in [-0.3, -0.25) is 4.79 Å². The van der Waals surface area contributed by atoms with Crippen molar-refractivity contribution < 1.29 is 9.53 Å². The zero-order valence-corrected chi connectivity index (χ0v) is 16.4. The van der Waals surface area contributed by atoms with Crippen LogP contribution in [0.4, 0.5) is 5.69 Å². The van der Waals surface area contributed by atoms with Crippen LogP contribution < -0.4 is 10.6 Å². The predicted molar refractivity (Wildman–Crippen MR) is 111 cm³/mol. The highest BCUT2D eigenvalue weighted by molar-refractivity contribution is 5.95. The topological polar surface area (TPSA) is 50.4 Å². The Bertz CT molecular complexity index is 866. The summed E-state index contributed by atoms with van der Waals surface area (Å²) >= 11 is 0. The van der Waals surface area contributed by atoms with Crippen LogP contribution in [0, 0.1) is 17.8 Å². The lowest BCUT2D eigenvalue weighted by Gasteiger charge is -2.43. The van der Waals surface area contributed by atoms with Crippen LogP contribution in [0.3, 0.4) is 0 Å². The van der Waals surface area contributed by atoms with Gasteiger partial charge in [0.15, 0.2) is 0 Å². The van der Waals surface area contributed by atoms with Crippen molar-refractivity contribution in [3.05, 3.63) is 65.2 Å². The van der Waals surface area contributed by atoms with E-state index in [2.05, 4.69) is 53.1 Å². The molecule has 1 heterocycles. The van der Waals surface area contributed by atoms with E-state index >= 15 is 0 Å². The van der Waals surface area contributed by atoms with Gasteiger partial charge < -0.3 is 15.4 Å². The molecule has 4 nitrogen and oxygen atoms in total. The molecule has 0 radical (unpaired) electrons. The molecule has 1 amide bonds. The third-order valence-electron chi connectivity index (χ3n) is 7.10. The summed E-state index contributed by atoms with van der Waals surface area (Å²) in [6, 6.07) is 17.5. The molecule has 146 valence electrons. The molecule has 0 aromatic heterocycles. The Labute approximate surface area is 166 Å². The van der Waals surface area contributed by atoms with Crippen LogP contribution in [0.5, 0.6) is 0 Å². The van der Waals surface area contributed by atoms with Gasteiger partial charge in [0, 0.05) is 24.9 Å². The minimum Gasteiger partial charge on any atom is -0.383 e. The normalized spacial score (nSPS) is 29.7. The van der Waals surface area contributed by atoms with E-state index < -0.39 is 0 Å². The van der Waals surface area contributed by atoms with Crippen molar-refractivity contribution in [1.82, 2.24) is 5.32 Å². The number of fused-ring (bicyclic) bond motifs is 7. The fourth-order valence-corrected chi connectivity index (χ4v) is 5.99. The van der Waals surface area contributed by atoms with Crippen molar-refractivity contribution >= 4 is 11.6 Å². The first-order chi connectivity index (χ1) is 13.8. The molecular weight excluding hydrogens is 348 g/mol. The third kappa shape index (κ3) is 2.91. The maximum atomic E-state index is 12.6. The first-order valence-electron chi connectivity index (χ1n) is 10.5. The second-order valence-electron chi connectivity index (χ2n) is 8.52. The highest BCUT2D eigenvalue weighted by Gasteiger charge is 2.53. The number of rotatable bonds is 5. The maximum Gasteiger partial charge on any atom is 0.251 e. The van der Waals surface area contributed by atoms with E-state index in [1.54, 1.807) is 7.11 Å². The van der Waals surface area contributed by atoms with Gasteiger partial charge in [-0.15, -0.1) is 0 Å². The van der Waals surface area contributed by atoms with Crippen LogP contribution in [-0.4, -0.2) is 26.2 Å². The van der Waals surface area contributed by atoms with E-state index in [0.29, 0.717) is 31.0 Å². The van der Waals surface area contributed by atoms with Crippen LogP contribution in [0.25, 0.3) is 0 Å². The van der Waals surface area contributed by atoms with Gasteiger partial charge in [-0.25, -0.2) is 0 Å². The molecule has 2 aromatic carbocycles. The SMILES string of the molecule is COCCNC(=O)c1ccc2c(c1)[C@@H]1[C@@H]3CC[C@@H](C3)[C@@H]1[C@H](c1ccccc1)N2. The van der Waals surface area contributed by atoms with Gasteiger partial charge in [0.25, 0.3) is 5.91 Å². The molecule has 5 rings (SSSR count). The summed E-state index contributed by atoms with van der Waals surface area (Å²) < 4.78 is 5.04. The standard InChI is InChI=1S/C24H28N2O2/c1-28-12-11-25-24(27)18-9-10-20-19(14-18)21-16-7-8-17(13-16)22(21)23(26-20)15-5-3-2-4-6-15/h2-6,9-10,14,16-17,21-23,26H,7-8,11-13H2,1H3,(H,25,27)/t16-,17+,21+,22+,23+/m1/s1. The minimum absolute atomic E-state index is 0.00950. The second kappa shape index (κ2) is 7.25. The third-order valence-corrected chi connectivity index (χ3v) is 7.10. The molecule has 0 saturated heterocycles. The quantitative estimate of drug-likeness (QED) is 0.763. The molecular formula is C24H28N2O2. The summed E-state index contributed by atoms with van der Waals surface area (Å²) in [5.41, 5.74) is 4.70. The zero-order chi connectivity index (χ0) is 19.1. The highest BCUT2D eigenvalue weighted by atomic mass is 16.5. The van der Waals surface area contributed by atoms with Gasteiger partial charge >= 0.3 is 0 Å². The van der Waals surface area contributed by atoms with E-state index in [4.69, 9.17) is 4.74 Å². The Balaban J connectivity index is 1.49. The van der Waals surface area contributed by atoms with Crippen molar-refractivity contribution in [2.24, 2.45) is 17.8 Å². The van der Waals surface area contributed by atoms with Gasteiger partial charge in [0.1, 0.15) is 0 Å². The summed E-state index contributed by atoms with van der Waals surface area (Å²) in [5.74, 6) is 2.73. The van der Waals surface area contributed by atoms with E-state index in [1.807, 2.05) is 6.07 Å². The zero-order valence-electron chi connectivity index (χ0n) is 16.4. The number of anilines is 1. The molecule has 2 bridgehead atoms. The van der Waals surface area contributed by atoms with Crippen LogP contribution in [0.15, 0.2) is 48.5 Å². The minimum atomic E-state index is -0.00950. The van der Waals surface area contributed by atoms with Crippen molar-refractivity contribution in [2.75, 3.05) is 25.6 Å². The van der Waals surface area contributed by atoms with E-state index in [1.165, 1.54) is 36.1 Å². The molecule has 2 aliphatic carbocycles. The molecule has 2 N–H and O–H groups in total. The first-order valence-corrected chi connectivity index (χ1v) is 10.5. The summed E-state index contributed by atoms with van der Waals surface area (Å²) in [6.07, 6.45) is 4.02. The smallest absolute Gasteiger partial charge is 0.251 e. The Hall–Kier alpha value is -2.33. The molecule has 0 spiro atoms. The molecule has 28 heavy (non-hydrogen) atoms. The van der Waals surface area contributed by atoms with Gasteiger partial charge in [-0.05, 0) is 72.3 Å². The average molecular weight is 377 g/mol. The molecule has 2 fully saturated rings. The van der Waals surface area contributed by atoms with Crippen LogP contribution >= 0.6 is 0 Å². The highest BCUT2D eigenvalue weighted by Crippen LogP contribution is 2.63. The molecule has 0 unspecified atom stereocenters. The lowest BCUT2D eigenvalue weighted by molar-refractivity contribution is 0.0937. The van der Waals surface area contributed by atoms with E-state index in [-0.39, 0.29) is 5.91 Å². The van der Waals surface area contributed by atoms with Gasteiger partial charge in [-0.2, -0.15) is 0 Å². The van der Waals surface area contributed by atoms with Gasteiger partial charge in [-0.1, -0.05) is 30.3 Å². The van der Waals surface area contributed by atoms with Crippen molar-refractivity contribution in [1.29, 1.82) is 0 Å². The fraction of sp³-hybridized carbons (Fsp3) is 0.458. The van der Waals surface area contributed by atoms with Crippen molar-refractivity contribution in [3.8, 4) is 0 Å².